The fraction of sp³-hybridized carbons (Fsp3) is 0.172. The highest BCUT2D eigenvalue weighted by atomic mass is 16.5. The van der Waals surface area contributed by atoms with Crippen molar-refractivity contribution in [2.75, 3.05) is 17.2 Å². The molecule has 0 saturated heterocycles. The average molecular weight is 484 g/mol. The summed E-state index contributed by atoms with van der Waals surface area (Å²) < 4.78 is 5.61. The van der Waals surface area contributed by atoms with E-state index >= 15 is 0 Å². The summed E-state index contributed by atoms with van der Waals surface area (Å²) in [6.45, 7) is 5.80. The molecule has 0 unspecified atom stereocenters. The van der Waals surface area contributed by atoms with Gasteiger partial charge in [0.25, 0.3) is 11.8 Å². The molecule has 3 aromatic rings. The Morgan fingerprint density at radius 3 is 1.81 bits per heavy atom. The zero-order valence-corrected chi connectivity index (χ0v) is 20.5. The van der Waals surface area contributed by atoms with E-state index in [-0.39, 0.29) is 23.3 Å². The molecule has 7 nitrogen and oxygen atoms in total. The van der Waals surface area contributed by atoms with Crippen molar-refractivity contribution in [2.24, 2.45) is 0 Å². The number of ether oxygens (including phenoxy) is 1. The van der Waals surface area contributed by atoms with Gasteiger partial charge < -0.3 is 25.8 Å². The van der Waals surface area contributed by atoms with Crippen LogP contribution in [0, 0.1) is 0 Å². The Morgan fingerprint density at radius 1 is 0.833 bits per heavy atom. The Balaban J connectivity index is 1.81. The fourth-order valence-electron chi connectivity index (χ4n) is 4.35. The van der Waals surface area contributed by atoms with Crippen molar-refractivity contribution in [3.8, 4) is 11.5 Å². The lowest BCUT2D eigenvalue weighted by Crippen LogP contribution is -2.35. The Labute approximate surface area is 210 Å². The summed E-state index contributed by atoms with van der Waals surface area (Å²) in [6, 6.07) is 23.2. The number of benzene rings is 3. The summed E-state index contributed by atoms with van der Waals surface area (Å²) in [5.74, 6) is -1.10. The molecule has 0 spiro atoms. The molecule has 0 aliphatic carbocycles. The largest absolute Gasteiger partial charge is 0.504 e. The van der Waals surface area contributed by atoms with Gasteiger partial charge in [-0.15, -0.1) is 0 Å². The third-order valence-corrected chi connectivity index (χ3v) is 5.93. The maximum absolute atomic E-state index is 13.6. The van der Waals surface area contributed by atoms with E-state index in [2.05, 4.69) is 16.0 Å². The van der Waals surface area contributed by atoms with Crippen LogP contribution >= 0.6 is 0 Å². The van der Waals surface area contributed by atoms with Gasteiger partial charge in [-0.2, -0.15) is 0 Å². The van der Waals surface area contributed by atoms with Gasteiger partial charge in [-0.3, -0.25) is 9.59 Å². The number of hydrogen-bond acceptors (Lipinski definition) is 5. The molecule has 4 rings (SSSR count). The second-order valence-corrected chi connectivity index (χ2v) is 8.44. The summed E-state index contributed by atoms with van der Waals surface area (Å²) in [4.78, 5) is 27.3. The highest BCUT2D eigenvalue weighted by molar-refractivity contribution is 6.11. The number of carbonyl (C=O) groups excluding carboxylic acids is 2. The zero-order chi connectivity index (χ0) is 25.7. The third kappa shape index (κ3) is 5.25. The number of para-hydroxylation sites is 2. The molecule has 36 heavy (non-hydrogen) atoms. The quantitative estimate of drug-likeness (QED) is 0.365. The number of anilines is 2. The first-order valence-electron chi connectivity index (χ1n) is 11.8. The molecule has 7 heteroatoms. The highest BCUT2D eigenvalue weighted by Crippen LogP contribution is 2.41. The van der Waals surface area contributed by atoms with Gasteiger partial charge in [0, 0.05) is 39.8 Å². The van der Waals surface area contributed by atoms with Gasteiger partial charge in [-0.05, 0) is 62.7 Å². The Kier molecular flexibility index (Phi) is 7.39. The van der Waals surface area contributed by atoms with Crippen LogP contribution in [0.1, 0.15) is 32.3 Å². The topological polar surface area (TPSA) is 99.7 Å². The minimum Gasteiger partial charge on any atom is -0.504 e. The molecular formula is C29H29N3O4. The number of phenolic OH excluding ortho intramolecular Hbond substituents is 1. The minimum absolute atomic E-state index is 0.0125. The molecule has 1 heterocycles. The fourth-order valence-corrected chi connectivity index (χ4v) is 4.35. The van der Waals surface area contributed by atoms with E-state index in [9.17, 15) is 14.7 Å². The molecule has 1 aliphatic rings. The molecule has 2 amide bonds. The molecule has 3 aromatic carbocycles. The lowest BCUT2D eigenvalue weighted by molar-refractivity contribution is -0.113. The second-order valence-electron chi connectivity index (χ2n) is 8.44. The van der Waals surface area contributed by atoms with Gasteiger partial charge >= 0.3 is 0 Å². The molecule has 0 saturated carbocycles. The van der Waals surface area contributed by atoms with Crippen LogP contribution in [0.4, 0.5) is 11.4 Å². The maximum Gasteiger partial charge on any atom is 0.254 e. The highest BCUT2D eigenvalue weighted by Gasteiger charge is 2.37. The zero-order valence-electron chi connectivity index (χ0n) is 20.5. The third-order valence-electron chi connectivity index (χ3n) is 5.93. The normalized spacial score (nSPS) is 13.8. The first-order chi connectivity index (χ1) is 17.4. The van der Waals surface area contributed by atoms with E-state index in [1.165, 1.54) is 6.07 Å². The van der Waals surface area contributed by atoms with E-state index in [1.54, 1.807) is 36.4 Å². The summed E-state index contributed by atoms with van der Waals surface area (Å²) in [7, 11) is 0. The van der Waals surface area contributed by atoms with Crippen molar-refractivity contribution in [2.45, 2.75) is 26.7 Å². The molecule has 0 bridgehead atoms. The van der Waals surface area contributed by atoms with Crippen LogP contribution in [0.3, 0.4) is 0 Å². The first-order valence-corrected chi connectivity index (χ1v) is 11.8. The monoisotopic (exact) mass is 483 g/mol. The van der Waals surface area contributed by atoms with Crippen LogP contribution < -0.4 is 20.7 Å². The molecule has 184 valence electrons. The number of dihydropyridines is 1. The van der Waals surface area contributed by atoms with Crippen molar-refractivity contribution >= 4 is 23.2 Å². The Bertz CT molecular complexity index is 1260. The number of hydrogen-bond donors (Lipinski definition) is 4. The van der Waals surface area contributed by atoms with Gasteiger partial charge in [-0.1, -0.05) is 42.5 Å². The number of aromatic hydroxyl groups is 1. The molecular weight excluding hydrogens is 454 g/mol. The number of amides is 2. The van der Waals surface area contributed by atoms with E-state index in [4.69, 9.17) is 4.74 Å². The van der Waals surface area contributed by atoms with Crippen molar-refractivity contribution in [3.05, 3.63) is 107 Å². The lowest BCUT2D eigenvalue weighted by Gasteiger charge is -2.31. The number of phenols is 1. The number of carbonyl (C=O) groups is 2. The van der Waals surface area contributed by atoms with Gasteiger partial charge in [0.05, 0.1) is 6.61 Å². The van der Waals surface area contributed by atoms with Crippen molar-refractivity contribution in [3.63, 3.8) is 0 Å². The minimum atomic E-state index is -0.710. The molecule has 0 aromatic heterocycles. The van der Waals surface area contributed by atoms with Crippen LogP contribution in [0.2, 0.25) is 0 Å². The number of rotatable bonds is 7. The van der Waals surface area contributed by atoms with Gasteiger partial charge in [-0.25, -0.2) is 0 Å². The SMILES string of the molecule is CCOc1cc(C2C(C(=O)Nc3ccccc3)=C(C)NC(C)=C2C(=O)Nc2ccccc2)ccc1O. The van der Waals surface area contributed by atoms with Crippen molar-refractivity contribution < 1.29 is 19.4 Å². The molecule has 4 N–H and O–H groups in total. The molecule has 1 aliphatic heterocycles. The summed E-state index contributed by atoms with van der Waals surface area (Å²) in [6.07, 6.45) is 0. The van der Waals surface area contributed by atoms with E-state index in [1.807, 2.05) is 57.2 Å². The Morgan fingerprint density at radius 2 is 1.33 bits per heavy atom. The van der Waals surface area contributed by atoms with Crippen molar-refractivity contribution in [1.82, 2.24) is 5.32 Å². The van der Waals surface area contributed by atoms with Crippen LogP contribution in [-0.2, 0) is 9.59 Å². The number of nitrogens with one attached hydrogen (secondary N) is 3. The molecule has 0 fully saturated rings. The first kappa shape index (κ1) is 24.6. The lowest BCUT2D eigenvalue weighted by atomic mass is 9.79. The predicted molar refractivity (Wildman–Crippen MR) is 141 cm³/mol. The Hall–Kier alpha value is -4.52. The van der Waals surface area contributed by atoms with E-state index in [0.29, 0.717) is 46.1 Å². The summed E-state index contributed by atoms with van der Waals surface area (Å²) in [5, 5.41) is 19.4. The summed E-state index contributed by atoms with van der Waals surface area (Å²) >= 11 is 0. The van der Waals surface area contributed by atoms with Crippen molar-refractivity contribution in [1.29, 1.82) is 0 Å². The maximum atomic E-state index is 13.6. The van der Waals surface area contributed by atoms with E-state index < -0.39 is 5.92 Å². The smallest absolute Gasteiger partial charge is 0.254 e. The van der Waals surface area contributed by atoms with E-state index in [0.717, 1.165) is 0 Å². The number of allylic oxidation sites excluding steroid dienone is 2. The predicted octanol–water partition coefficient (Wildman–Crippen LogP) is 5.30. The standard InChI is InChI=1S/C29H29N3O4/c1-4-36-24-17-20(15-16-23(24)33)27-25(28(34)31-21-11-7-5-8-12-21)18(2)30-19(3)26(27)29(35)32-22-13-9-6-10-14-22/h5-17,27,30,33H,4H2,1-3H3,(H,31,34)(H,32,35). The van der Waals surface area contributed by atoms with Crippen LogP contribution in [-0.4, -0.2) is 23.5 Å². The van der Waals surface area contributed by atoms with Gasteiger partial charge in [0.2, 0.25) is 0 Å². The molecule has 0 radical (unpaired) electrons. The van der Waals surface area contributed by atoms with Gasteiger partial charge in [0.15, 0.2) is 11.5 Å². The van der Waals surface area contributed by atoms with Crippen LogP contribution in [0.25, 0.3) is 0 Å². The average Bonchev–Trinajstić information content (AvgIpc) is 2.86. The van der Waals surface area contributed by atoms with Crippen LogP contribution in [0.5, 0.6) is 11.5 Å². The molecule has 0 atom stereocenters. The summed E-state index contributed by atoms with van der Waals surface area (Å²) in [5.41, 5.74) is 3.99. The second kappa shape index (κ2) is 10.8. The van der Waals surface area contributed by atoms with Gasteiger partial charge in [0.1, 0.15) is 0 Å². The van der Waals surface area contributed by atoms with Crippen LogP contribution in [0.15, 0.2) is 101 Å².